The average Bonchev–Trinajstić information content (AvgIpc) is 2.64. The van der Waals surface area contributed by atoms with Gasteiger partial charge >= 0.3 is 5.97 Å². The van der Waals surface area contributed by atoms with Gasteiger partial charge in [-0.15, -0.1) is 0 Å². The van der Waals surface area contributed by atoms with E-state index in [0.29, 0.717) is 28.8 Å². The predicted molar refractivity (Wildman–Crippen MR) is 69.0 cm³/mol. The molecule has 0 saturated heterocycles. The van der Waals surface area contributed by atoms with Crippen LogP contribution in [0, 0.1) is 19.8 Å². The zero-order valence-corrected chi connectivity index (χ0v) is 11.3. The smallest absolute Gasteiger partial charge is 0.326 e. The molecule has 102 valence electrons. The van der Waals surface area contributed by atoms with Gasteiger partial charge in [0.05, 0.1) is 0 Å². The molecule has 0 spiro atoms. The van der Waals surface area contributed by atoms with Crippen molar-refractivity contribution in [2.75, 3.05) is 5.32 Å². The molecule has 2 aromatic heterocycles. The van der Waals surface area contributed by atoms with Gasteiger partial charge < -0.3 is 14.8 Å². The van der Waals surface area contributed by atoms with Gasteiger partial charge in [-0.1, -0.05) is 13.8 Å². The van der Waals surface area contributed by atoms with E-state index >= 15 is 0 Å². The van der Waals surface area contributed by atoms with Gasteiger partial charge in [0.25, 0.3) is 5.71 Å². The van der Waals surface area contributed by atoms with Crippen LogP contribution in [0.4, 0.5) is 5.82 Å². The maximum absolute atomic E-state index is 11.2. The second-order valence-electron chi connectivity index (χ2n) is 4.71. The molecule has 0 saturated carbocycles. The van der Waals surface area contributed by atoms with E-state index in [2.05, 4.69) is 20.3 Å². The largest absolute Gasteiger partial charge is 0.480 e. The molecule has 0 radical (unpaired) electrons. The van der Waals surface area contributed by atoms with Crippen molar-refractivity contribution in [1.82, 2.24) is 15.0 Å². The minimum absolute atomic E-state index is 0.0872. The highest BCUT2D eigenvalue weighted by molar-refractivity contribution is 5.85. The van der Waals surface area contributed by atoms with Gasteiger partial charge in [0.15, 0.2) is 17.2 Å². The minimum atomic E-state index is -0.931. The topological polar surface area (TPSA) is 101 Å². The number of hydrogen-bond acceptors (Lipinski definition) is 6. The first-order valence-corrected chi connectivity index (χ1v) is 5.99. The van der Waals surface area contributed by atoms with E-state index in [1.54, 1.807) is 13.8 Å². The normalized spacial score (nSPS) is 12.9. The van der Waals surface area contributed by atoms with E-state index in [9.17, 15) is 9.90 Å². The minimum Gasteiger partial charge on any atom is -0.480 e. The Morgan fingerprint density at radius 1 is 1.26 bits per heavy atom. The molecule has 0 bridgehead atoms. The zero-order chi connectivity index (χ0) is 14.2. The fraction of sp³-hybridized carbons (Fsp3) is 0.500. The predicted octanol–water partition coefficient (Wildman–Crippen LogP) is 1.76. The van der Waals surface area contributed by atoms with Crippen molar-refractivity contribution >= 4 is 23.0 Å². The Morgan fingerprint density at radius 3 is 2.53 bits per heavy atom. The summed E-state index contributed by atoms with van der Waals surface area (Å²) in [5.74, 6) is 0.337. The molecule has 0 aliphatic carbocycles. The van der Waals surface area contributed by atoms with Crippen LogP contribution in [0.1, 0.15) is 25.6 Å². The Hall–Kier alpha value is -2.18. The third-order valence-electron chi connectivity index (χ3n) is 2.70. The van der Waals surface area contributed by atoms with Gasteiger partial charge in [-0.05, 0) is 12.8 Å². The molecule has 0 aliphatic rings. The number of nitrogens with zero attached hydrogens (tertiary/aromatic N) is 3. The average molecular weight is 264 g/mol. The van der Waals surface area contributed by atoms with Crippen molar-refractivity contribution < 1.29 is 14.3 Å². The molecule has 2 aromatic rings. The van der Waals surface area contributed by atoms with Crippen LogP contribution in [0.15, 0.2) is 4.42 Å². The highest BCUT2D eigenvalue weighted by Crippen LogP contribution is 2.22. The van der Waals surface area contributed by atoms with Crippen LogP contribution in [0.3, 0.4) is 0 Å². The molecule has 0 aliphatic heterocycles. The third kappa shape index (κ3) is 2.64. The summed E-state index contributed by atoms with van der Waals surface area (Å²) < 4.78 is 5.34. The Morgan fingerprint density at radius 2 is 1.95 bits per heavy atom. The number of hydrogen-bond donors (Lipinski definition) is 2. The van der Waals surface area contributed by atoms with Crippen LogP contribution in [-0.2, 0) is 4.79 Å². The number of rotatable bonds is 4. The van der Waals surface area contributed by atoms with Crippen LogP contribution in [-0.4, -0.2) is 32.1 Å². The highest BCUT2D eigenvalue weighted by Gasteiger charge is 2.24. The Kier molecular flexibility index (Phi) is 3.37. The Bertz CT molecular complexity index is 621. The summed E-state index contributed by atoms with van der Waals surface area (Å²) in [6.07, 6.45) is 0. The van der Waals surface area contributed by atoms with E-state index in [0.717, 1.165) is 0 Å². The second-order valence-corrected chi connectivity index (χ2v) is 4.71. The van der Waals surface area contributed by atoms with Crippen LogP contribution in [0.5, 0.6) is 0 Å². The summed E-state index contributed by atoms with van der Waals surface area (Å²) in [4.78, 5) is 23.7. The number of anilines is 1. The fourth-order valence-electron chi connectivity index (χ4n) is 1.79. The lowest BCUT2D eigenvalue weighted by Gasteiger charge is -2.18. The molecule has 2 heterocycles. The summed E-state index contributed by atoms with van der Waals surface area (Å²) in [5, 5.41) is 12.1. The molecule has 7 heteroatoms. The maximum atomic E-state index is 11.2. The number of carbonyl (C=O) groups is 1. The molecule has 1 atom stereocenters. The summed E-state index contributed by atoms with van der Waals surface area (Å²) in [7, 11) is 0. The number of carboxylic acid groups (broad SMARTS) is 1. The van der Waals surface area contributed by atoms with Crippen molar-refractivity contribution in [2.24, 2.45) is 5.92 Å². The lowest BCUT2D eigenvalue weighted by molar-refractivity contribution is -0.138. The van der Waals surface area contributed by atoms with Crippen LogP contribution in [0.2, 0.25) is 0 Å². The SMILES string of the molecule is Cc1nc(N[C@H](C(=O)O)C(C)C)c2nc(C)oc2n1. The molecule has 19 heavy (non-hydrogen) atoms. The summed E-state index contributed by atoms with van der Waals surface area (Å²) in [6, 6.07) is -0.741. The number of oxazole rings is 1. The number of aryl methyl sites for hydroxylation is 2. The number of nitrogens with one attached hydrogen (secondary N) is 1. The molecular formula is C12H16N4O3. The van der Waals surface area contributed by atoms with Crippen LogP contribution in [0.25, 0.3) is 11.2 Å². The van der Waals surface area contributed by atoms with Gasteiger partial charge in [-0.25, -0.2) is 14.8 Å². The van der Waals surface area contributed by atoms with Gasteiger partial charge in [0.1, 0.15) is 11.9 Å². The van der Waals surface area contributed by atoms with Crippen molar-refractivity contribution in [3.8, 4) is 0 Å². The summed E-state index contributed by atoms with van der Waals surface area (Å²) in [5.41, 5.74) is 0.815. The van der Waals surface area contributed by atoms with E-state index in [1.807, 2.05) is 13.8 Å². The lowest BCUT2D eigenvalue weighted by Crippen LogP contribution is -2.34. The van der Waals surface area contributed by atoms with Crippen molar-refractivity contribution in [3.05, 3.63) is 11.7 Å². The summed E-state index contributed by atoms with van der Waals surface area (Å²) >= 11 is 0. The molecule has 0 fully saturated rings. The van der Waals surface area contributed by atoms with E-state index in [1.165, 1.54) is 0 Å². The van der Waals surface area contributed by atoms with Crippen molar-refractivity contribution in [3.63, 3.8) is 0 Å². The van der Waals surface area contributed by atoms with Gasteiger partial charge in [-0.2, -0.15) is 4.98 Å². The molecule has 0 aromatic carbocycles. The molecule has 0 amide bonds. The standard InChI is InChI=1S/C12H16N4O3/c1-5(2)8(12(17)18)16-10-9-11(14-6(3)13-10)19-7(4)15-9/h5,8H,1-4H3,(H,17,18)(H,13,14,16)/t8-/m0/s1. The first-order valence-electron chi connectivity index (χ1n) is 5.99. The van der Waals surface area contributed by atoms with Crippen molar-refractivity contribution in [1.29, 1.82) is 0 Å². The van der Waals surface area contributed by atoms with Crippen LogP contribution >= 0.6 is 0 Å². The monoisotopic (exact) mass is 264 g/mol. The number of fused-ring (bicyclic) bond motifs is 1. The molecule has 2 rings (SSSR count). The van der Waals surface area contributed by atoms with E-state index in [-0.39, 0.29) is 5.92 Å². The fourth-order valence-corrected chi connectivity index (χ4v) is 1.79. The first kappa shape index (κ1) is 13.3. The quantitative estimate of drug-likeness (QED) is 0.867. The van der Waals surface area contributed by atoms with E-state index in [4.69, 9.17) is 4.42 Å². The first-order chi connectivity index (χ1) is 8.88. The third-order valence-corrected chi connectivity index (χ3v) is 2.70. The zero-order valence-electron chi connectivity index (χ0n) is 11.3. The number of aromatic nitrogens is 3. The van der Waals surface area contributed by atoms with E-state index < -0.39 is 12.0 Å². The van der Waals surface area contributed by atoms with Gasteiger partial charge in [0.2, 0.25) is 0 Å². The van der Waals surface area contributed by atoms with Crippen molar-refractivity contribution in [2.45, 2.75) is 33.7 Å². The molecular weight excluding hydrogens is 248 g/mol. The van der Waals surface area contributed by atoms with Crippen LogP contribution < -0.4 is 5.32 Å². The lowest BCUT2D eigenvalue weighted by atomic mass is 10.1. The Balaban J connectivity index is 2.46. The molecule has 2 N–H and O–H groups in total. The second kappa shape index (κ2) is 4.83. The number of aliphatic carboxylic acids is 1. The maximum Gasteiger partial charge on any atom is 0.326 e. The Labute approximate surface area is 110 Å². The van der Waals surface area contributed by atoms with Gasteiger partial charge in [0, 0.05) is 6.92 Å². The number of carboxylic acids is 1. The highest BCUT2D eigenvalue weighted by atomic mass is 16.4. The molecule has 0 unspecified atom stereocenters. The molecule has 7 nitrogen and oxygen atoms in total. The van der Waals surface area contributed by atoms with Gasteiger partial charge in [-0.3, -0.25) is 0 Å². The summed E-state index contributed by atoms with van der Waals surface area (Å²) in [6.45, 7) is 7.07.